The van der Waals surface area contributed by atoms with Gasteiger partial charge in [0.15, 0.2) is 0 Å². The molecule has 1 atom stereocenters. The van der Waals surface area contributed by atoms with Gasteiger partial charge < -0.3 is 9.88 Å². The van der Waals surface area contributed by atoms with Gasteiger partial charge in [-0.15, -0.1) is 0 Å². The minimum absolute atomic E-state index is 0.0372. The molecule has 1 amide bonds. The highest BCUT2D eigenvalue weighted by molar-refractivity contribution is 5.92. The van der Waals surface area contributed by atoms with Gasteiger partial charge >= 0.3 is 0 Å². The summed E-state index contributed by atoms with van der Waals surface area (Å²) >= 11 is 0. The van der Waals surface area contributed by atoms with Gasteiger partial charge in [-0.1, -0.05) is 19.3 Å². The Morgan fingerprint density at radius 3 is 2.62 bits per heavy atom. The number of rotatable bonds is 5. The van der Waals surface area contributed by atoms with E-state index in [1.807, 2.05) is 25.1 Å². The summed E-state index contributed by atoms with van der Waals surface area (Å²) in [7, 11) is 0. The molecule has 0 bridgehead atoms. The van der Waals surface area contributed by atoms with E-state index in [2.05, 4.69) is 34.8 Å². The Morgan fingerprint density at radius 2 is 1.92 bits per heavy atom. The normalized spacial score (nSPS) is 16.7. The molecule has 0 spiro atoms. The molecule has 0 aliphatic heterocycles. The zero-order chi connectivity index (χ0) is 18.5. The van der Waals surface area contributed by atoms with Crippen LogP contribution >= 0.6 is 0 Å². The smallest absolute Gasteiger partial charge is 0.244 e. The lowest BCUT2D eigenvalue weighted by molar-refractivity contribution is -0.117. The predicted octanol–water partition coefficient (Wildman–Crippen LogP) is 4.90. The van der Waals surface area contributed by atoms with Crippen molar-refractivity contribution in [1.82, 2.24) is 14.9 Å². The average molecular weight is 351 g/mol. The van der Waals surface area contributed by atoms with E-state index in [9.17, 15) is 4.79 Å². The van der Waals surface area contributed by atoms with E-state index in [0.717, 1.165) is 11.1 Å². The summed E-state index contributed by atoms with van der Waals surface area (Å²) in [5, 5.41) is 3.01. The standard InChI is InChI=1S/C22H29N3O/c1-16-15-20(18(3)25(16)21-7-5-4-6-8-21)9-10-22(26)24-17(2)19-11-13-23-14-12-19/h9-15,17,21H,4-8H2,1-3H3,(H,24,26). The first-order valence-corrected chi connectivity index (χ1v) is 9.63. The minimum atomic E-state index is -0.0724. The van der Waals surface area contributed by atoms with Crippen LogP contribution in [0, 0.1) is 13.8 Å². The van der Waals surface area contributed by atoms with E-state index < -0.39 is 0 Å². The van der Waals surface area contributed by atoms with Crippen molar-refractivity contribution in [2.45, 2.75) is 65.0 Å². The molecule has 0 aromatic carbocycles. The Bertz CT molecular complexity index is 770. The fourth-order valence-electron chi connectivity index (χ4n) is 4.03. The first kappa shape index (κ1) is 18.4. The van der Waals surface area contributed by atoms with Gasteiger partial charge in [0.1, 0.15) is 0 Å². The van der Waals surface area contributed by atoms with Crippen molar-refractivity contribution in [3.63, 3.8) is 0 Å². The van der Waals surface area contributed by atoms with Crippen LogP contribution in [0.15, 0.2) is 36.7 Å². The van der Waals surface area contributed by atoms with Crippen LogP contribution in [0.1, 0.15) is 73.6 Å². The molecule has 0 radical (unpaired) electrons. The molecule has 1 aliphatic rings. The molecule has 0 saturated heterocycles. The number of carbonyl (C=O) groups is 1. The van der Waals surface area contributed by atoms with Crippen LogP contribution in [-0.2, 0) is 4.79 Å². The second-order valence-corrected chi connectivity index (χ2v) is 7.33. The highest BCUT2D eigenvalue weighted by atomic mass is 16.1. The number of nitrogens with one attached hydrogen (secondary N) is 1. The highest BCUT2D eigenvalue weighted by Gasteiger charge is 2.19. The molecule has 1 saturated carbocycles. The quantitative estimate of drug-likeness (QED) is 0.779. The Morgan fingerprint density at radius 1 is 1.23 bits per heavy atom. The number of pyridine rings is 1. The fourth-order valence-corrected chi connectivity index (χ4v) is 4.03. The van der Waals surface area contributed by atoms with Crippen LogP contribution in [0.3, 0.4) is 0 Å². The van der Waals surface area contributed by atoms with Crippen LogP contribution in [0.2, 0.25) is 0 Å². The number of hydrogen-bond acceptors (Lipinski definition) is 2. The third-order valence-corrected chi connectivity index (χ3v) is 5.44. The van der Waals surface area contributed by atoms with E-state index in [4.69, 9.17) is 0 Å². The third kappa shape index (κ3) is 4.24. The Balaban J connectivity index is 1.67. The average Bonchev–Trinajstić information content (AvgIpc) is 2.95. The molecule has 1 fully saturated rings. The van der Waals surface area contributed by atoms with Crippen molar-refractivity contribution in [3.05, 3.63) is 59.2 Å². The number of carbonyl (C=O) groups excluding carboxylic acids is 1. The first-order chi connectivity index (χ1) is 12.6. The van der Waals surface area contributed by atoms with Crippen LogP contribution < -0.4 is 5.32 Å². The number of amides is 1. The summed E-state index contributed by atoms with van der Waals surface area (Å²) in [5.74, 6) is -0.0724. The molecule has 138 valence electrons. The van der Waals surface area contributed by atoms with Gasteiger partial charge in [-0.3, -0.25) is 9.78 Å². The van der Waals surface area contributed by atoms with Crippen molar-refractivity contribution in [3.8, 4) is 0 Å². The molecule has 1 N–H and O–H groups in total. The second kappa shape index (κ2) is 8.35. The zero-order valence-electron chi connectivity index (χ0n) is 16.0. The van der Waals surface area contributed by atoms with Gasteiger partial charge in [0.05, 0.1) is 6.04 Å². The van der Waals surface area contributed by atoms with Gasteiger partial charge in [0.25, 0.3) is 0 Å². The molecular weight excluding hydrogens is 322 g/mol. The Kier molecular flexibility index (Phi) is 5.92. The van der Waals surface area contributed by atoms with Crippen molar-refractivity contribution in [1.29, 1.82) is 0 Å². The van der Waals surface area contributed by atoms with Crippen molar-refractivity contribution < 1.29 is 4.79 Å². The lowest BCUT2D eigenvalue weighted by atomic mass is 9.95. The highest BCUT2D eigenvalue weighted by Crippen LogP contribution is 2.32. The molecule has 2 aromatic heterocycles. The van der Waals surface area contributed by atoms with Gasteiger partial charge in [-0.05, 0) is 69.0 Å². The SMILES string of the molecule is Cc1cc(C=CC(=O)NC(C)c2ccncc2)c(C)n1C1CCCCC1. The van der Waals surface area contributed by atoms with Crippen molar-refractivity contribution >= 4 is 12.0 Å². The summed E-state index contributed by atoms with van der Waals surface area (Å²) in [4.78, 5) is 16.3. The number of aromatic nitrogens is 2. The van der Waals surface area contributed by atoms with E-state index in [1.165, 1.54) is 43.5 Å². The number of aryl methyl sites for hydroxylation is 1. The largest absolute Gasteiger partial charge is 0.346 e. The molecule has 2 heterocycles. The molecule has 3 rings (SSSR count). The minimum Gasteiger partial charge on any atom is -0.346 e. The van der Waals surface area contributed by atoms with E-state index in [1.54, 1.807) is 18.5 Å². The van der Waals surface area contributed by atoms with Gasteiger partial charge in [0, 0.05) is 35.9 Å². The summed E-state index contributed by atoms with van der Waals surface area (Å²) in [6.07, 6.45) is 13.6. The monoisotopic (exact) mass is 351 g/mol. The van der Waals surface area contributed by atoms with Crippen LogP contribution in [0.4, 0.5) is 0 Å². The Hall–Kier alpha value is -2.36. The zero-order valence-corrected chi connectivity index (χ0v) is 16.0. The van der Waals surface area contributed by atoms with E-state index in [0.29, 0.717) is 6.04 Å². The summed E-state index contributed by atoms with van der Waals surface area (Å²) in [5.41, 5.74) is 4.75. The molecule has 26 heavy (non-hydrogen) atoms. The number of hydrogen-bond donors (Lipinski definition) is 1. The van der Waals surface area contributed by atoms with Crippen molar-refractivity contribution in [2.24, 2.45) is 0 Å². The summed E-state index contributed by atoms with van der Waals surface area (Å²) in [6, 6.07) is 6.62. The maximum atomic E-state index is 12.3. The predicted molar refractivity (Wildman–Crippen MR) is 106 cm³/mol. The van der Waals surface area contributed by atoms with E-state index >= 15 is 0 Å². The first-order valence-electron chi connectivity index (χ1n) is 9.63. The maximum absolute atomic E-state index is 12.3. The van der Waals surface area contributed by atoms with Crippen molar-refractivity contribution in [2.75, 3.05) is 0 Å². The fraction of sp³-hybridized carbons (Fsp3) is 0.455. The second-order valence-electron chi connectivity index (χ2n) is 7.33. The molecule has 4 heteroatoms. The van der Waals surface area contributed by atoms with Crippen LogP contribution in [-0.4, -0.2) is 15.5 Å². The molecular formula is C22H29N3O. The Labute approximate surface area is 156 Å². The third-order valence-electron chi connectivity index (χ3n) is 5.44. The maximum Gasteiger partial charge on any atom is 0.244 e. The summed E-state index contributed by atoms with van der Waals surface area (Å²) < 4.78 is 2.47. The molecule has 4 nitrogen and oxygen atoms in total. The molecule has 1 unspecified atom stereocenters. The summed E-state index contributed by atoms with van der Waals surface area (Å²) in [6.45, 7) is 6.32. The topological polar surface area (TPSA) is 46.9 Å². The van der Waals surface area contributed by atoms with E-state index in [-0.39, 0.29) is 11.9 Å². The lowest BCUT2D eigenvalue weighted by Crippen LogP contribution is -2.24. The number of nitrogens with zero attached hydrogens (tertiary/aromatic N) is 2. The van der Waals surface area contributed by atoms with Crippen LogP contribution in [0.25, 0.3) is 6.08 Å². The van der Waals surface area contributed by atoms with Gasteiger partial charge in [-0.25, -0.2) is 0 Å². The lowest BCUT2D eigenvalue weighted by Gasteiger charge is -2.26. The van der Waals surface area contributed by atoms with Gasteiger partial charge in [-0.2, -0.15) is 0 Å². The molecule has 2 aromatic rings. The van der Waals surface area contributed by atoms with Gasteiger partial charge in [0.2, 0.25) is 5.91 Å². The van der Waals surface area contributed by atoms with Crippen LogP contribution in [0.5, 0.6) is 0 Å². The molecule has 1 aliphatic carbocycles.